The maximum absolute atomic E-state index is 4.58. The summed E-state index contributed by atoms with van der Waals surface area (Å²) in [5.41, 5.74) is 2.32. The quantitative estimate of drug-likeness (QED) is 0.944. The third kappa shape index (κ3) is 2.07. The Morgan fingerprint density at radius 2 is 2.31 bits per heavy atom. The lowest BCUT2D eigenvalue weighted by atomic mass is 10.2. The molecule has 0 aliphatic heterocycles. The van der Waals surface area contributed by atoms with Gasteiger partial charge in [0, 0.05) is 23.4 Å². The molecule has 5 heteroatoms. The van der Waals surface area contributed by atoms with Gasteiger partial charge >= 0.3 is 0 Å². The largest absolute Gasteiger partial charge is 0.330 e. The zero-order valence-electron chi connectivity index (χ0n) is 9.54. The lowest BCUT2D eigenvalue weighted by Crippen LogP contribution is -2.06. The summed E-state index contributed by atoms with van der Waals surface area (Å²) in [5, 5.41) is 5.26. The maximum Gasteiger partial charge on any atom is 0.106 e. The van der Waals surface area contributed by atoms with Gasteiger partial charge < -0.3 is 9.88 Å². The lowest BCUT2D eigenvalue weighted by molar-refractivity contribution is 0.796. The second-order valence-electron chi connectivity index (χ2n) is 3.67. The minimum absolute atomic E-state index is 0.798. The van der Waals surface area contributed by atoms with E-state index in [4.69, 9.17) is 0 Å². The summed E-state index contributed by atoms with van der Waals surface area (Å²) in [6, 6.07) is 2.14. The zero-order chi connectivity index (χ0) is 11.7. The van der Waals surface area contributed by atoms with Crippen LogP contribution in [-0.2, 0) is 13.6 Å². The molecule has 0 aliphatic carbocycles. The molecule has 2 aromatic heterocycles. The van der Waals surface area contributed by atoms with Crippen molar-refractivity contribution in [1.82, 2.24) is 14.9 Å². The monoisotopic (exact) mass is 299 g/mol. The molecule has 0 spiro atoms. The van der Waals surface area contributed by atoms with E-state index < -0.39 is 0 Å². The minimum atomic E-state index is 0.798. The molecule has 86 valence electrons. The van der Waals surface area contributed by atoms with E-state index >= 15 is 0 Å². The van der Waals surface area contributed by atoms with Gasteiger partial charge in [0.05, 0.1) is 16.3 Å². The standard InChI is InChI=1S/C11H14BrN3S/c1-7-14-9(5-13-2)11(15(7)3)10-4-8(12)6-16-10/h4,6,13H,5H2,1-3H3. The molecule has 0 aliphatic rings. The second kappa shape index (κ2) is 4.69. The fraction of sp³-hybridized carbons (Fsp3) is 0.364. The number of hydrogen-bond donors (Lipinski definition) is 1. The van der Waals surface area contributed by atoms with Crippen LogP contribution in [0.5, 0.6) is 0 Å². The van der Waals surface area contributed by atoms with E-state index in [-0.39, 0.29) is 0 Å². The van der Waals surface area contributed by atoms with Crippen LogP contribution in [0.25, 0.3) is 10.6 Å². The molecule has 0 saturated carbocycles. The van der Waals surface area contributed by atoms with Gasteiger partial charge in [-0.25, -0.2) is 4.98 Å². The molecule has 1 N–H and O–H groups in total. The number of thiophene rings is 1. The van der Waals surface area contributed by atoms with Crippen molar-refractivity contribution in [2.24, 2.45) is 7.05 Å². The molecule has 0 bridgehead atoms. The summed E-state index contributed by atoms with van der Waals surface area (Å²) in [7, 11) is 4.00. The number of aromatic nitrogens is 2. The predicted molar refractivity (Wildman–Crippen MR) is 71.7 cm³/mol. The van der Waals surface area contributed by atoms with E-state index in [0.29, 0.717) is 0 Å². The number of nitrogens with one attached hydrogen (secondary N) is 1. The summed E-state index contributed by atoms with van der Waals surface area (Å²) in [6.07, 6.45) is 0. The van der Waals surface area contributed by atoms with Gasteiger partial charge in [-0.1, -0.05) is 0 Å². The number of aryl methyl sites for hydroxylation is 1. The Balaban J connectivity index is 2.53. The van der Waals surface area contributed by atoms with Crippen molar-refractivity contribution in [2.75, 3.05) is 7.05 Å². The van der Waals surface area contributed by atoms with Gasteiger partial charge in [0.2, 0.25) is 0 Å². The van der Waals surface area contributed by atoms with Crippen LogP contribution in [0, 0.1) is 6.92 Å². The third-order valence-electron chi connectivity index (χ3n) is 2.54. The van der Waals surface area contributed by atoms with E-state index in [1.54, 1.807) is 11.3 Å². The average molecular weight is 300 g/mol. The molecule has 0 aromatic carbocycles. The van der Waals surface area contributed by atoms with Crippen LogP contribution in [0.2, 0.25) is 0 Å². The summed E-state index contributed by atoms with van der Waals surface area (Å²) in [5.74, 6) is 1.05. The van der Waals surface area contributed by atoms with Gasteiger partial charge in [-0.15, -0.1) is 11.3 Å². The summed E-state index contributed by atoms with van der Waals surface area (Å²) in [6.45, 7) is 2.83. The summed E-state index contributed by atoms with van der Waals surface area (Å²) in [4.78, 5) is 5.83. The molecule has 0 unspecified atom stereocenters. The molecule has 2 aromatic rings. The molecule has 0 amide bonds. The van der Waals surface area contributed by atoms with E-state index in [2.05, 4.69) is 49.3 Å². The van der Waals surface area contributed by atoms with Gasteiger partial charge in [-0.05, 0) is 36.0 Å². The smallest absolute Gasteiger partial charge is 0.106 e. The molecular weight excluding hydrogens is 286 g/mol. The molecule has 0 radical (unpaired) electrons. The first-order chi connectivity index (χ1) is 7.63. The number of imidazole rings is 1. The Bertz CT molecular complexity index is 501. The second-order valence-corrected chi connectivity index (χ2v) is 5.50. The van der Waals surface area contributed by atoms with Gasteiger partial charge in [-0.3, -0.25) is 0 Å². The minimum Gasteiger partial charge on any atom is -0.330 e. The molecule has 3 nitrogen and oxygen atoms in total. The first-order valence-electron chi connectivity index (χ1n) is 5.04. The molecule has 0 fully saturated rings. The number of hydrogen-bond acceptors (Lipinski definition) is 3. The molecular formula is C11H14BrN3S. The number of halogens is 1. The highest BCUT2D eigenvalue weighted by Crippen LogP contribution is 2.32. The molecule has 2 heterocycles. The van der Waals surface area contributed by atoms with Crippen molar-refractivity contribution < 1.29 is 0 Å². The van der Waals surface area contributed by atoms with Gasteiger partial charge in [-0.2, -0.15) is 0 Å². The van der Waals surface area contributed by atoms with Crippen molar-refractivity contribution >= 4 is 27.3 Å². The highest BCUT2D eigenvalue weighted by molar-refractivity contribution is 9.10. The fourth-order valence-corrected chi connectivity index (χ4v) is 3.24. The van der Waals surface area contributed by atoms with E-state index in [0.717, 1.165) is 22.5 Å². The van der Waals surface area contributed by atoms with Crippen molar-refractivity contribution in [3.63, 3.8) is 0 Å². The highest BCUT2D eigenvalue weighted by Gasteiger charge is 2.14. The first-order valence-corrected chi connectivity index (χ1v) is 6.72. The van der Waals surface area contributed by atoms with E-state index in [9.17, 15) is 0 Å². The van der Waals surface area contributed by atoms with Crippen molar-refractivity contribution in [2.45, 2.75) is 13.5 Å². The maximum atomic E-state index is 4.58. The number of nitrogens with zero attached hydrogens (tertiary/aromatic N) is 2. The van der Waals surface area contributed by atoms with Crippen LogP contribution in [-0.4, -0.2) is 16.6 Å². The average Bonchev–Trinajstić information content (AvgIpc) is 2.74. The Morgan fingerprint density at radius 3 is 2.88 bits per heavy atom. The van der Waals surface area contributed by atoms with Crippen molar-refractivity contribution in [3.8, 4) is 10.6 Å². The topological polar surface area (TPSA) is 29.9 Å². The highest BCUT2D eigenvalue weighted by atomic mass is 79.9. The molecule has 16 heavy (non-hydrogen) atoms. The fourth-order valence-electron chi connectivity index (χ4n) is 1.71. The van der Waals surface area contributed by atoms with Crippen LogP contribution >= 0.6 is 27.3 Å². The van der Waals surface area contributed by atoms with Crippen LogP contribution in [0.15, 0.2) is 15.9 Å². The molecule has 0 atom stereocenters. The first kappa shape index (κ1) is 11.8. The van der Waals surface area contributed by atoms with E-state index in [1.165, 1.54) is 10.6 Å². The van der Waals surface area contributed by atoms with Gasteiger partial charge in [0.25, 0.3) is 0 Å². The summed E-state index contributed by atoms with van der Waals surface area (Å²) < 4.78 is 3.27. The van der Waals surface area contributed by atoms with Gasteiger partial charge in [0.1, 0.15) is 5.82 Å². The number of rotatable bonds is 3. The van der Waals surface area contributed by atoms with Gasteiger partial charge in [0.15, 0.2) is 0 Å². The Labute approximate surface area is 108 Å². The van der Waals surface area contributed by atoms with Crippen LogP contribution < -0.4 is 5.32 Å². The zero-order valence-corrected chi connectivity index (χ0v) is 11.9. The predicted octanol–water partition coefficient (Wildman–Crippen LogP) is 2.94. The SMILES string of the molecule is CNCc1nc(C)n(C)c1-c1cc(Br)cs1. The Morgan fingerprint density at radius 1 is 1.56 bits per heavy atom. The normalized spacial score (nSPS) is 11.0. The lowest BCUT2D eigenvalue weighted by Gasteiger charge is -2.03. The van der Waals surface area contributed by atoms with Crippen LogP contribution in [0.1, 0.15) is 11.5 Å². The van der Waals surface area contributed by atoms with Crippen molar-refractivity contribution in [3.05, 3.63) is 27.4 Å². The summed E-state index contributed by atoms with van der Waals surface area (Å²) >= 11 is 5.22. The van der Waals surface area contributed by atoms with Crippen LogP contribution in [0.4, 0.5) is 0 Å². The molecule has 0 saturated heterocycles. The van der Waals surface area contributed by atoms with Crippen LogP contribution in [0.3, 0.4) is 0 Å². The molecule has 2 rings (SSSR count). The van der Waals surface area contributed by atoms with E-state index in [1.807, 2.05) is 14.0 Å². The van der Waals surface area contributed by atoms with Crippen molar-refractivity contribution in [1.29, 1.82) is 0 Å². The Kier molecular flexibility index (Phi) is 3.47. The Hall–Kier alpha value is -0.650. The third-order valence-corrected chi connectivity index (χ3v) is 4.23.